The number of amides is 1. The summed E-state index contributed by atoms with van der Waals surface area (Å²) in [4.78, 5) is 28.7. The van der Waals surface area contributed by atoms with Gasteiger partial charge in [-0.1, -0.05) is 18.2 Å². The molecule has 2 aromatic heterocycles. The van der Waals surface area contributed by atoms with Crippen LogP contribution < -0.4 is 5.32 Å². The number of hydrogen-bond acceptors (Lipinski definition) is 4. The minimum absolute atomic E-state index is 0.229. The summed E-state index contributed by atoms with van der Waals surface area (Å²) in [6.07, 6.45) is 3.06. The third kappa shape index (κ3) is 3.08. The van der Waals surface area contributed by atoms with Crippen LogP contribution in [0.1, 0.15) is 32.0 Å². The molecule has 2 heterocycles. The highest BCUT2D eigenvalue weighted by atomic mass is 16.2. The fourth-order valence-corrected chi connectivity index (χ4v) is 2.35. The molecule has 0 aliphatic heterocycles. The van der Waals surface area contributed by atoms with E-state index in [9.17, 15) is 9.59 Å². The Bertz CT molecular complexity index is 900. The van der Waals surface area contributed by atoms with Crippen LogP contribution in [0.5, 0.6) is 0 Å². The van der Waals surface area contributed by atoms with E-state index >= 15 is 0 Å². The van der Waals surface area contributed by atoms with Gasteiger partial charge in [-0.3, -0.25) is 14.6 Å². The minimum atomic E-state index is -0.323. The van der Waals surface area contributed by atoms with Crippen molar-refractivity contribution >= 4 is 17.6 Å². The Morgan fingerprint density at radius 1 is 1.08 bits per heavy atom. The van der Waals surface area contributed by atoms with Gasteiger partial charge in [0, 0.05) is 29.7 Å². The Kier molecular flexibility index (Phi) is 4.20. The molecule has 1 N–H and O–H groups in total. The molecule has 0 aliphatic carbocycles. The molecule has 120 valence electrons. The third-order valence-corrected chi connectivity index (χ3v) is 3.62. The maximum Gasteiger partial charge on any atom is 0.278 e. The SMILES string of the molecule is Cc1ccccc1C(=O)n1nc(NC(=O)c2cccnc2)cc1C. The van der Waals surface area contributed by atoms with E-state index < -0.39 is 0 Å². The molecule has 1 amide bonds. The summed E-state index contributed by atoms with van der Waals surface area (Å²) in [6, 6.07) is 12.3. The first-order valence-electron chi connectivity index (χ1n) is 7.44. The first kappa shape index (κ1) is 15.6. The van der Waals surface area contributed by atoms with E-state index in [0.717, 1.165) is 5.56 Å². The molecule has 3 rings (SSSR count). The Morgan fingerprint density at radius 2 is 1.88 bits per heavy atom. The number of pyridine rings is 1. The van der Waals surface area contributed by atoms with Crippen molar-refractivity contribution in [1.29, 1.82) is 0 Å². The van der Waals surface area contributed by atoms with Crippen LogP contribution in [0.15, 0.2) is 54.9 Å². The van der Waals surface area contributed by atoms with Gasteiger partial charge in [-0.15, -0.1) is 5.10 Å². The van der Waals surface area contributed by atoms with Crippen molar-refractivity contribution in [2.45, 2.75) is 13.8 Å². The van der Waals surface area contributed by atoms with Crippen LogP contribution in [0.2, 0.25) is 0 Å². The summed E-state index contributed by atoms with van der Waals surface area (Å²) in [5.41, 5.74) is 2.52. The lowest BCUT2D eigenvalue weighted by Crippen LogP contribution is -2.17. The van der Waals surface area contributed by atoms with Gasteiger partial charge in [-0.25, -0.2) is 0 Å². The lowest BCUT2D eigenvalue weighted by atomic mass is 10.1. The molecule has 1 aromatic carbocycles. The first-order chi connectivity index (χ1) is 11.6. The monoisotopic (exact) mass is 320 g/mol. The van der Waals surface area contributed by atoms with Gasteiger partial charge in [0.25, 0.3) is 11.8 Å². The van der Waals surface area contributed by atoms with Crippen molar-refractivity contribution in [3.63, 3.8) is 0 Å². The maximum absolute atomic E-state index is 12.6. The molecule has 0 saturated carbocycles. The molecule has 6 nitrogen and oxygen atoms in total. The van der Waals surface area contributed by atoms with Crippen LogP contribution >= 0.6 is 0 Å². The molecule has 3 aromatic rings. The molecule has 0 radical (unpaired) electrons. The molecule has 0 fully saturated rings. The predicted octanol–water partition coefficient (Wildman–Crippen LogP) is 2.84. The minimum Gasteiger partial charge on any atom is -0.305 e. The zero-order valence-corrected chi connectivity index (χ0v) is 13.4. The number of carbonyl (C=O) groups excluding carboxylic acids is 2. The van der Waals surface area contributed by atoms with Crippen LogP contribution in [-0.4, -0.2) is 26.6 Å². The second kappa shape index (κ2) is 6.45. The van der Waals surface area contributed by atoms with E-state index in [2.05, 4.69) is 15.4 Å². The molecular formula is C18H16N4O2. The average Bonchev–Trinajstić information content (AvgIpc) is 2.96. The average molecular weight is 320 g/mol. The summed E-state index contributed by atoms with van der Waals surface area (Å²) in [5.74, 6) is -0.230. The molecule has 0 unspecified atom stereocenters. The summed E-state index contributed by atoms with van der Waals surface area (Å²) in [5, 5.41) is 6.88. The van der Waals surface area contributed by atoms with Crippen molar-refractivity contribution in [3.8, 4) is 0 Å². The zero-order chi connectivity index (χ0) is 17.1. The Hall–Kier alpha value is -3.28. The standard InChI is InChI=1S/C18H16N4O2/c1-12-6-3-4-8-15(12)18(24)22-13(2)10-16(21-22)20-17(23)14-7-5-9-19-11-14/h3-11H,1-2H3,(H,20,21,23). The maximum atomic E-state index is 12.6. The number of anilines is 1. The van der Waals surface area contributed by atoms with Gasteiger partial charge in [-0.2, -0.15) is 4.68 Å². The van der Waals surface area contributed by atoms with Crippen molar-refractivity contribution in [2.24, 2.45) is 0 Å². The van der Waals surface area contributed by atoms with Crippen LogP contribution in [0.3, 0.4) is 0 Å². The van der Waals surface area contributed by atoms with Crippen LogP contribution in [0, 0.1) is 13.8 Å². The summed E-state index contributed by atoms with van der Waals surface area (Å²) in [7, 11) is 0. The Morgan fingerprint density at radius 3 is 2.58 bits per heavy atom. The third-order valence-electron chi connectivity index (χ3n) is 3.62. The molecule has 24 heavy (non-hydrogen) atoms. The number of carbonyl (C=O) groups is 2. The van der Waals surface area contributed by atoms with Crippen LogP contribution in [0.4, 0.5) is 5.82 Å². The summed E-state index contributed by atoms with van der Waals surface area (Å²) >= 11 is 0. The van der Waals surface area contributed by atoms with E-state index in [1.165, 1.54) is 10.9 Å². The van der Waals surface area contributed by atoms with Gasteiger partial charge in [0.05, 0.1) is 5.56 Å². The normalized spacial score (nSPS) is 10.4. The number of nitrogens with zero attached hydrogens (tertiary/aromatic N) is 3. The van der Waals surface area contributed by atoms with Crippen molar-refractivity contribution in [1.82, 2.24) is 14.8 Å². The fraction of sp³-hybridized carbons (Fsp3) is 0.111. The molecule has 0 aliphatic rings. The Balaban J connectivity index is 1.84. The lowest BCUT2D eigenvalue weighted by molar-refractivity contribution is 0.0940. The van der Waals surface area contributed by atoms with Gasteiger partial charge in [0.15, 0.2) is 5.82 Å². The summed E-state index contributed by atoms with van der Waals surface area (Å²) < 4.78 is 1.29. The molecule has 6 heteroatoms. The largest absolute Gasteiger partial charge is 0.305 e. The van der Waals surface area contributed by atoms with E-state index in [1.807, 2.05) is 25.1 Å². The number of rotatable bonds is 3. The molecular weight excluding hydrogens is 304 g/mol. The van der Waals surface area contributed by atoms with Crippen molar-refractivity contribution in [3.05, 3.63) is 77.2 Å². The molecule has 0 spiro atoms. The van der Waals surface area contributed by atoms with Crippen LogP contribution in [0.25, 0.3) is 0 Å². The van der Waals surface area contributed by atoms with Gasteiger partial charge in [0.2, 0.25) is 0 Å². The van der Waals surface area contributed by atoms with Gasteiger partial charge in [-0.05, 0) is 37.6 Å². The highest BCUT2D eigenvalue weighted by molar-refractivity contribution is 6.04. The highest BCUT2D eigenvalue weighted by Crippen LogP contribution is 2.14. The number of hydrogen-bond donors (Lipinski definition) is 1. The van der Waals surface area contributed by atoms with Gasteiger partial charge >= 0.3 is 0 Å². The highest BCUT2D eigenvalue weighted by Gasteiger charge is 2.16. The molecule has 0 saturated heterocycles. The topological polar surface area (TPSA) is 76.9 Å². The second-order valence-electron chi connectivity index (χ2n) is 5.40. The molecule has 0 atom stereocenters. The number of nitrogens with one attached hydrogen (secondary N) is 1. The second-order valence-corrected chi connectivity index (χ2v) is 5.40. The van der Waals surface area contributed by atoms with E-state index in [4.69, 9.17) is 0 Å². The quantitative estimate of drug-likeness (QED) is 0.805. The van der Waals surface area contributed by atoms with Gasteiger partial charge < -0.3 is 5.32 Å². The molecule has 0 bridgehead atoms. The predicted molar refractivity (Wildman–Crippen MR) is 90.1 cm³/mol. The lowest BCUT2D eigenvalue weighted by Gasteiger charge is -2.06. The van der Waals surface area contributed by atoms with E-state index in [0.29, 0.717) is 22.6 Å². The fourth-order valence-electron chi connectivity index (χ4n) is 2.35. The van der Waals surface area contributed by atoms with E-state index in [-0.39, 0.29) is 11.8 Å². The zero-order valence-electron chi connectivity index (χ0n) is 13.4. The smallest absolute Gasteiger partial charge is 0.278 e. The summed E-state index contributed by atoms with van der Waals surface area (Å²) in [6.45, 7) is 3.64. The first-order valence-corrected chi connectivity index (χ1v) is 7.44. The number of aromatic nitrogens is 3. The Labute approximate surface area is 139 Å². The number of benzene rings is 1. The van der Waals surface area contributed by atoms with Crippen LogP contribution in [-0.2, 0) is 0 Å². The van der Waals surface area contributed by atoms with Crippen molar-refractivity contribution < 1.29 is 9.59 Å². The van der Waals surface area contributed by atoms with E-state index in [1.54, 1.807) is 37.4 Å². The van der Waals surface area contributed by atoms with Crippen molar-refractivity contribution in [2.75, 3.05) is 5.32 Å². The number of aryl methyl sites for hydroxylation is 2. The van der Waals surface area contributed by atoms with Gasteiger partial charge in [0.1, 0.15) is 0 Å².